The largest absolute Gasteiger partial charge is 0.512 e. The number of fused-ring (bicyclic) bond motifs is 1. The van der Waals surface area contributed by atoms with Crippen LogP contribution in [0.4, 0.5) is 4.79 Å². The molecule has 0 spiro atoms. The van der Waals surface area contributed by atoms with Gasteiger partial charge in [-0.1, -0.05) is 68.2 Å². The molecule has 0 radical (unpaired) electrons. The molecule has 1 amide bonds. The Balaban J connectivity index is 1.68. The molecule has 1 aliphatic heterocycles. The Morgan fingerprint density at radius 2 is 1.82 bits per heavy atom. The van der Waals surface area contributed by atoms with E-state index in [1.807, 2.05) is 36.2 Å². The minimum atomic E-state index is -1.32. The number of likely N-dealkylation sites (N-methyl/N-ethyl adjacent to an activating group) is 1. The fraction of sp³-hybridized carbons (Fsp3) is 0.588. The molecule has 44 heavy (non-hydrogen) atoms. The Labute approximate surface area is 270 Å². The first-order chi connectivity index (χ1) is 21.0. The first kappa shape index (κ1) is 32.8. The molecule has 0 bridgehead atoms. The number of carbonyl (C=O) groups excluding carboxylic acids is 1. The van der Waals surface area contributed by atoms with Gasteiger partial charge in [0.15, 0.2) is 5.06 Å². The number of ether oxygens (including phenoxy) is 1. The van der Waals surface area contributed by atoms with Crippen molar-refractivity contribution in [3.8, 4) is 16.3 Å². The summed E-state index contributed by atoms with van der Waals surface area (Å²) in [6, 6.07) is 8.51. The first-order valence-corrected chi connectivity index (χ1v) is 17.3. The average molecular weight is 643 g/mol. The van der Waals surface area contributed by atoms with Gasteiger partial charge in [0.2, 0.25) is 5.91 Å². The van der Waals surface area contributed by atoms with Crippen LogP contribution in [-0.4, -0.2) is 70.3 Å². The molecule has 1 saturated heterocycles. The minimum absolute atomic E-state index is 0.0518. The summed E-state index contributed by atoms with van der Waals surface area (Å²) in [5.41, 5.74) is 4.97. The third-order valence-electron chi connectivity index (χ3n) is 9.31. The lowest BCUT2D eigenvalue weighted by Gasteiger charge is -2.27. The third-order valence-corrected chi connectivity index (χ3v) is 10.7. The molecule has 2 N–H and O–H groups in total. The van der Waals surface area contributed by atoms with Gasteiger partial charge in [-0.3, -0.25) is 9.69 Å². The highest BCUT2D eigenvalue weighted by molar-refractivity contribution is 7.21. The number of hydrogen-bond acceptors (Lipinski definition) is 6. The zero-order valence-corrected chi connectivity index (χ0v) is 28.3. The summed E-state index contributed by atoms with van der Waals surface area (Å²) in [4.78, 5) is 30.4. The van der Waals surface area contributed by atoms with Crippen LogP contribution in [-0.2, 0) is 17.9 Å². The molecule has 1 saturated carbocycles. The second kappa shape index (κ2) is 14.2. The minimum Gasteiger partial charge on any atom is -0.449 e. The van der Waals surface area contributed by atoms with Crippen molar-refractivity contribution in [1.82, 2.24) is 19.7 Å². The van der Waals surface area contributed by atoms with Gasteiger partial charge in [0.1, 0.15) is 6.54 Å². The topological polar surface area (TPSA) is 87.0 Å². The molecule has 1 unspecified atom stereocenters. The standard InChI is InChI=1S/C34H47ClN4O4S/c1-21(2)17-36-18-27-31-32(44-33(27)43-34(41)42)29(23-9-7-6-8-10-23)30(24-11-13-25(35)14-12-24)39(31)20-28(40)37(5)26-15-16-38(19-26)22(3)4/h11-14,21-23,26,36H,6-10,15-20H2,1-5H3,(H,41,42). The summed E-state index contributed by atoms with van der Waals surface area (Å²) in [5, 5.41) is 14.3. The van der Waals surface area contributed by atoms with Gasteiger partial charge in [-0.15, -0.1) is 0 Å². The molecule has 5 rings (SSSR count). The van der Waals surface area contributed by atoms with E-state index in [9.17, 15) is 14.7 Å². The van der Waals surface area contributed by atoms with Gasteiger partial charge < -0.3 is 24.6 Å². The Hall–Kier alpha value is -2.59. The fourth-order valence-corrected chi connectivity index (χ4v) is 8.34. The van der Waals surface area contributed by atoms with Crippen molar-refractivity contribution < 1.29 is 19.4 Å². The number of rotatable bonds is 11. The molecule has 240 valence electrons. The molecule has 3 aromatic rings. The maximum Gasteiger partial charge on any atom is 0.512 e. The van der Waals surface area contributed by atoms with E-state index >= 15 is 0 Å². The Bertz CT molecular complexity index is 1460. The molecule has 3 heterocycles. The van der Waals surface area contributed by atoms with E-state index in [2.05, 4.69) is 42.5 Å². The zero-order chi connectivity index (χ0) is 31.5. The number of amides is 1. The van der Waals surface area contributed by atoms with Crippen LogP contribution in [0.3, 0.4) is 0 Å². The molecule has 2 aromatic heterocycles. The van der Waals surface area contributed by atoms with Crippen LogP contribution >= 0.6 is 22.9 Å². The lowest BCUT2D eigenvalue weighted by Crippen LogP contribution is -2.41. The summed E-state index contributed by atoms with van der Waals surface area (Å²) >= 11 is 7.75. The summed E-state index contributed by atoms with van der Waals surface area (Å²) in [6.45, 7) is 11.9. The van der Waals surface area contributed by atoms with E-state index in [1.54, 1.807) is 0 Å². The van der Waals surface area contributed by atoms with Crippen LogP contribution in [0.25, 0.3) is 21.5 Å². The van der Waals surface area contributed by atoms with Crippen molar-refractivity contribution in [3.05, 3.63) is 40.4 Å². The Morgan fingerprint density at radius 3 is 2.43 bits per heavy atom. The summed E-state index contributed by atoms with van der Waals surface area (Å²) in [5.74, 6) is 0.790. The van der Waals surface area contributed by atoms with E-state index < -0.39 is 6.16 Å². The van der Waals surface area contributed by atoms with Crippen LogP contribution in [0.15, 0.2) is 24.3 Å². The van der Waals surface area contributed by atoms with Gasteiger partial charge in [-0.25, -0.2) is 4.79 Å². The molecular weight excluding hydrogens is 596 g/mol. The monoisotopic (exact) mass is 642 g/mol. The molecule has 1 atom stereocenters. The second-order valence-electron chi connectivity index (χ2n) is 13.2. The van der Waals surface area contributed by atoms with E-state index in [0.29, 0.717) is 34.5 Å². The number of thiophene rings is 1. The number of hydrogen-bond donors (Lipinski definition) is 2. The summed E-state index contributed by atoms with van der Waals surface area (Å²) in [7, 11) is 1.93. The molecule has 8 nitrogen and oxygen atoms in total. The van der Waals surface area contributed by atoms with Crippen molar-refractivity contribution in [2.24, 2.45) is 5.92 Å². The zero-order valence-electron chi connectivity index (χ0n) is 26.7. The van der Waals surface area contributed by atoms with Crippen molar-refractivity contribution in [3.63, 3.8) is 0 Å². The number of carbonyl (C=O) groups is 2. The fourth-order valence-electron chi connectivity index (χ4n) is 6.92. The predicted octanol–water partition coefficient (Wildman–Crippen LogP) is 7.81. The van der Waals surface area contributed by atoms with Gasteiger partial charge in [-0.2, -0.15) is 0 Å². The maximum atomic E-state index is 14.2. The molecule has 2 fully saturated rings. The van der Waals surface area contributed by atoms with Crippen molar-refractivity contribution in [2.75, 3.05) is 26.7 Å². The Morgan fingerprint density at radius 1 is 1.11 bits per heavy atom. The van der Waals surface area contributed by atoms with E-state index in [-0.39, 0.29) is 18.5 Å². The highest BCUT2D eigenvalue weighted by atomic mass is 35.5. The van der Waals surface area contributed by atoms with E-state index in [0.717, 1.165) is 78.8 Å². The number of aromatic nitrogens is 1. The van der Waals surface area contributed by atoms with Crippen LogP contribution in [0.1, 0.15) is 83.3 Å². The van der Waals surface area contributed by atoms with Crippen molar-refractivity contribution in [2.45, 2.75) is 97.3 Å². The third kappa shape index (κ3) is 7.11. The van der Waals surface area contributed by atoms with Gasteiger partial charge in [0.25, 0.3) is 0 Å². The summed E-state index contributed by atoms with van der Waals surface area (Å²) in [6.07, 6.45) is 5.28. The normalized spacial score (nSPS) is 18.1. The lowest BCUT2D eigenvalue weighted by molar-refractivity contribution is -0.132. The number of nitrogens with one attached hydrogen (secondary N) is 1. The molecule has 1 aliphatic carbocycles. The average Bonchev–Trinajstić information content (AvgIpc) is 3.68. The Kier molecular flexibility index (Phi) is 10.6. The highest BCUT2D eigenvalue weighted by Gasteiger charge is 2.34. The van der Waals surface area contributed by atoms with E-state index in [4.69, 9.17) is 16.3 Å². The van der Waals surface area contributed by atoms with Crippen molar-refractivity contribution >= 4 is 45.2 Å². The van der Waals surface area contributed by atoms with Gasteiger partial charge in [0.05, 0.1) is 15.9 Å². The molecular formula is C34H47ClN4O4S. The molecule has 1 aromatic carbocycles. The number of likely N-dealkylation sites (tertiary alicyclic amines) is 1. The summed E-state index contributed by atoms with van der Waals surface area (Å²) < 4.78 is 8.63. The first-order valence-electron chi connectivity index (χ1n) is 16.1. The van der Waals surface area contributed by atoms with Crippen LogP contribution < -0.4 is 10.1 Å². The van der Waals surface area contributed by atoms with Gasteiger partial charge in [0, 0.05) is 49.4 Å². The second-order valence-corrected chi connectivity index (χ2v) is 14.6. The number of halogens is 1. The number of carboxylic acid groups (broad SMARTS) is 1. The van der Waals surface area contributed by atoms with Gasteiger partial charge >= 0.3 is 6.16 Å². The quantitative estimate of drug-likeness (QED) is 0.208. The lowest BCUT2D eigenvalue weighted by atomic mass is 9.83. The van der Waals surface area contributed by atoms with Gasteiger partial charge in [-0.05, 0) is 74.8 Å². The van der Waals surface area contributed by atoms with E-state index in [1.165, 1.54) is 23.3 Å². The number of nitrogens with zero attached hydrogens (tertiary/aromatic N) is 3. The molecule has 2 aliphatic rings. The highest BCUT2D eigenvalue weighted by Crippen LogP contribution is 2.50. The molecule has 10 heteroatoms. The van der Waals surface area contributed by atoms with Crippen LogP contribution in [0.5, 0.6) is 5.06 Å². The smallest absolute Gasteiger partial charge is 0.449 e. The number of benzene rings is 1. The maximum absolute atomic E-state index is 14.2. The van der Waals surface area contributed by atoms with Crippen LogP contribution in [0, 0.1) is 5.92 Å². The predicted molar refractivity (Wildman–Crippen MR) is 179 cm³/mol. The van der Waals surface area contributed by atoms with Crippen LogP contribution in [0.2, 0.25) is 5.02 Å². The van der Waals surface area contributed by atoms with Crippen molar-refractivity contribution in [1.29, 1.82) is 0 Å². The SMILES string of the molecule is CC(C)CNCc1c(OC(=O)O)sc2c(C3CCCCC3)c(-c3ccc(Cl)cc3)n(CC(=O)N(C)C3CCN(C(C)C)C3)c12.